The number of carbonyl (C=O) groups excluding carboxylic acids is 1. The van der Waals surface area contributed by atoms with E-state index >= 15 is 0 Å². The van der Waals surface area contributed by atoms with Gasteiger partial charge in [0.2, 0.25) is 5.91 Å². The Kier molecular flexibility index (Phi) is 2.34. The van der Waals surface area contributed by atoms with Crippen molar-refractivity contribution in [1.82, 2.24) is 0 Å². The number of anilines is 1. The highest BCUT2D eigenvalue weighted by Gasteiger charge is 2.74. The van der Waals surface area contributed by atoms with E-state index in [9.17, 15) is 10.0 Å². The number of benzene rings is 1. The number of hydroxylamine groups is 3. The van der Waals surface area contributed by atoms with Crippen LogP contribution in [0.5, 0.6) is 0 Å². The molecule has 6 aliphatic rings. The smallest absolute Gasteiger partial charge is 0.229 e. The minimum Gasteiger partial charge on any atom is -0.632 e. The largest absolute Gasteiger partial charge is 0.632 e. The number of rotatable bonds is 0. The molecule has 134 valence electrons. The molecular formula is C21H22N2O3. The van der Waals surface area contributed by atoms with Crippen LogP contribution in [0, 0.1) is 17.0 Å². The highest BCUT2D eigenvalue weighted by Crippen LogP contribution is 2.67. The fourth-order valence-corrected chi connectivity index (χ4v) is 7.77. The molecule has 7 rings (SSSR count). The number of para-hydroxylation sites is 1. The van der Waals surface area contributed by atoms with E-state index in [4.69, 9.17) is 4.74 Å². The number of quaternary nitrogens is 1. The number of ether oxygens (including phenoxy) is 1. The second-order valence-electron chi connectivity index (χ2n) is 9.14. The Morgan fingerprint density at radius 3 is 3.12 bits per heavy atom. The lowest BCUT2D eigenvalue weighted by Gasteiger charge is -2.61. The SMILES string of the molecule is O=C1C[C@@H]2OCC=C3C[N@+]4([O-])CC[C@]56c7ccccc7N1[C@@H]5[C@@H]2[C@H]3C[C@H]64. The molecule has 5 aliphatic heterocycles. The van der Waals surface area contributed by atoms with Crippen LogP contribution in [-0.2, 0) is 14.9 Å². The Balaban J connectivity index is 1.56. The molecule has 1 amide bonds. The summed E-state index contributed by atoms with van der Waals surface area (Å²) in [6, 6.07) is 8.58. The van der Waals surface area contributed by atoms with Gasteiger partial charge in [-0.05, 0) is 23.1 Å². The van der Waals surface area contributed by atoms with E-state index < -0.39 is 0 Å². The highest BCUT2D eigenvalue weighted by atomic mass is 16.6. The number of hydrogen-bond donors (Lipinski definition) is 0. The zero-order valence-electron chi connectivity index (χ0n) is 14.6. The molecule has 1 aromatic rings. The zero-order valence-corrected chi connectivity index (χ0v) is 14.6. The van der Waals surface area contributed by atoms with Crippen molar-refractivity contribution in [2.24, 2.45) is 11.8 Å². The molecule has 5 heteroatoms. The van der Waals surface area contributed by atoms with Gasteiger partial charge < -0.3 is 19.5 Å². The Labute approximate surface area is 152 Å². The molecule has 5 heterocycles. The summed E-state index contributed by atoms with van der Waals surface area (Å²) in [6.07, 6.45) is 4.51. The first-order valence-electron chi connectivity index (χ1n) is 9.93. The summed E-state index contributed by atoms with van der Waals surface area (Å²) in [5, 5.41) is 13.9. The minimum absolute atomic E-state index is 0.00175. The van der Waals surface area contributed by atoms with Crippen LogP contribution in [-0.4, -0.2) is 48.4 Å². The summed E-state index contributed by atoms with van der Waals surface area (Å²) in [5.41, 5.74) is 3.46. The summed E-state index contributed by atoms with van der Waals surface area (Å²) in [5.74, 6) is 0.922. The monoisotopic (exact) mass is 350 g/mol. The van der Waals surface area contributed by atoms with E-state index in [1.807, 2.05) is 6.07 Å². The van der Waals surface area contributed by atoms with Gasteiger partial charge in [-0.25, -0.2) is 0 Å². The fourth-order valence-electron chi connectivity index (χ4n) is 7.77. The van der Waals surface area contributed by atoms with Gasteiger partial charge in [0.1, 0.15) is 12.6 Å². The summed E-state index contributed by atoms with van der Waals surface area (Å²) >= 11 is 0. The number of amides is 1. The van der Waals surface area contributed by atoms with Gasteiger partial charge in [-0.1, -0.05) is 24.3 Å². The number of carbonyl (C=O) groups is 1. The minimum atomic E-state index is -0.174. The van der Waals surface area contributed by atoms with Gasteiger partial charge in [0.05, 0.1) is 37.1 Å². The van der Waals surface area contributed by atoms with Crippen LogP contribution in [0.15, 0.2) is 35.9 Å². The summed E-state index contributed by atoms with van der Waals surface area (Å²) in [6.45, 7) is 1.87. The van der Waals surface area contributed by atoms with E-state index in [0.717, 1.165) is 18.5 Å². The predicted molar refractivity (Wildman–Crippen MR) is 95.2 cm³/mol. The van der Waals surface area contributed by atoms with Gasteiger partial charge in [0.15, 0.2) is 0 Å². The van der Waals surface area contributed by atoms with Crippen molar-refractivity contribution in [2.75, 3.05) is 24.6 Å². The molecule has 1 spiro atoms. The lowest BCUT2D eigenvalue weighted by Crippen LogP contribution is -2.71. The molecule has 5 nitrogen and oxygen atoms in total. The van der Waals surface area contributed by atoms with Crippen LogP contribution in [0.1, 0.15) is 24.8 Å². The van der Waals surface area contributed by atoms with Crippen LogP contribution < -0.4 is 4.90 Å². The summed E-state index contributed by atoms with van der Waals surface area (Å²) in [7, 11) is 0. The Morgan fingerprint density at radius 2 is 2.19 bits per heavy atom. The lowest BCUT2D eigenvalue weighted by molar-refractivity contribution is -0.896. The normalized spacial score (nSPS) is 49.6. The highest BCUT2D eigenvalue weighted by molar-refractivity contribution is 5.99. The van der Waals surface area contributed by atoms with Crippen LogP contribution in [0.3, 0.4) is 0 Å². The van der Waals surface area contributed by atoms with Gasteiger partial charge in [0.25, 0.3) is 0 Å². The Hall–Kier alpha value is -1.69. The maximum Gasteiger partial charge on any atom is 0.229 e. The molecule has 0 aromatic heterocycles. The number of nitrogens with zero attached hydrogens (tertiary/aromatic N) is 2. The standard InChI is InChI=1S/C21H22N2O3/c24-18-10-16-19-13-9-17-21(6-7-23(17,25)11-12(13)5-8-26-16)14-3-1-2-4-15(14)22(18)20(19)21/h1-5,13,16-17,19-20H,6-11H2/t13-,16-,17+,19+,20+,21+,23+/m0/s1. The van der Waals surface area contributed by atoms with Crippen molar-refractivity contribution >= 4 is 11.6 Å². The van der Waals surface area contributed by atoms with Crippen LogP contribution in [0.25, 0.3) is 0 Å². The number of fused-ring (bicyclic) bond motifs is 2. The lowest BCUT2D eigenvalue weighted by atomic mass is 9.53. The predicted octanol–water partition coefficient (Wildman–Crippen LogP) is 2.11. The average Bonchev–Trinajstić information content (AvgIpc) is 3.05. The molecule has 2 bridgehead atoms. The zero-order chi connectivity index (χ0) is 17.3. The average molecular weight is 350 g/mol. The molecule has 1 aromatic carbocycles. The fraction of sp³-hybridized carbons (Fsp3) is 0.571. The van der Waals surface area contributed by atoms with Crippen LogP contribution >= 0.6 is 0 Å². The first-order chi connectivity index (χ1) is 12.6. The molecule has 1 saturated carbocycles. The molecule has 4 fully saturated rings. The topological polar surface area (TPSA) is 52.6 Å². The molecule has 1 aliphatic carbocycles. The van der Waals surface area contributed by atoms with E-state index in [0.29, 0.717) is 38.0 Å². The first kappa shape index (κ1) is 14.4. The summed E-state index contributed by atoms with van der Waals surface area (Å²) in [4.78, 5) is 15.3. The maximum atomic E-state index is 13.9. The second kappa shape index (κ2) is 4.24. The maximum absolute atomic E-state index is 13.9. The molecule has 0 N–H and O–H groups in total. The van der Waals surface area contributed by atoms with Gasteiger partial charge in [-0.15, -0.1) is 0 Å². The third-order valence-electron chi connectivity index (χ3n) is 8.50. The molecule has 3 saturated heterocycles. The van der Waals surface area contributed by atoms with Crippen LogP contribution in [0.2, 0.25) is 0 Å². The quantitative estimate of drug-likeness (QED) is 0.409. The van der Waals surface area contributed by atoms with Crippen molar-refractivity contribution in [3.8, 4) is 0 Å². The van der Waals surface area contributed by atoms with Gasteiger partial charge in [0, 0.05) is 24.4 Å². The van der Waals surface area contributed by atoms with Crippen molar-refractivity contribution in [2.45, 2.75) is 42.9 Å². The molecule has 26 heavy (non-hydrogen) atoms. The molecule has 7 atom stereocenters. The van der Waals surface area contributed by atoms with Crippen molar-refractivity contribution < 1.29 is 14.2 Å². The van der Waals surface area contributed by atoms with E-state index in [1.165, 1.54) is 11.1 Å². The third kappa shape index (κ3) is 1.33. The van der Waals surface area contributed by atoms with Gasteiger partial charge in [-0.2, -0.15) is 0 Å². The van der Waals surface area contributed by atoms with Gasteiger partial charge in [-0.3, -0.25) is 4.79 Å². The van der Waals surface area contributed by atoms with Crippen LogP contribution in [0.4, 0.5) is 5.69 Å². The van der Waals surface area contributed by atoms with E-state index in [1.54, 1.807) is 0 Å². The van der Waals surface area contributed by atoms with E-state index in [-0.39, 0.29) is 34.2 Å². The molecular weight excluding hydrogens is 328 g/mol. The van der Waals surface area contributed by atoms with Crippen molar-refractivity contribution in [1.29, 1.82) is 0 Å². The van der Waals surface area contributed by atoms with Crippen molar-refractivity contribution in [3.63, 3.8) is 0 Å². The third-order valence-corrected chi connectivity index (χ3v) is 8.50. The molecule has 0 unspecified atom stereocenters. The number of piperidine rings is 2. The summed E-state index contributed by atoms with van der Waals surface area (Å²) < 4.78 is 6.10. The Bertz CT molecular complexity index is 897. The van der Waals surface area contributed by atoms with E-state index in [2.05, 4.69) is 29.2 Å². The second-order valence-corrected chi connectivity index (χ2v) is 9.14. The first-order valence-corrected chi connectivity index (χ1v) is 9.93. The Morgan fingerprint density at radius 1 is 1.31 bits per heavy atom. The van der Waals surface area contributed by atoms with Crippen molar-refractivity contribution in [3.05, 3.63) is 46.7 Å². The molecule has 0 radical (unpaired) electrons. The number of hydrogen-bond acceptors (Lipinski definition) is 3. The van der Waals surface area contributed by atoms with Gasteiger partial charge >= 0.3 is 0 Å².